The number of amides is 1. The highest BCUT2D eigenvalue weighted by Gasteiger charge is 2.43. The van der Waals surface area contributed by atoms with Crippen LogP contribution >= 0.6 is 23.5 Å². The molecule has 3 aromatic carbocycles. The molecule has 79 heavy (non-hydrogen) atoms. The van der Waals surface area contributed by atoms with Gasteiger partial charge in [0.2, 0.25) is 0 Å². The number of methoxy groups -OCH3 is 1. The van der Waals surface area contributed by atoms with E-state index in [-0.39, 0.29) is 92.5 Å². The zero-order chi connectivity index (χ0) is 57.5. The molecule has 6 atom stereocenters. The molecular formula is C48H47N6O22P3. The minimum absolute atomic E-state index is 0.0145. The summed E-state index contributed by atoms with van der Waals surface area (Å²) in [6, 6.07) is 14.9. The second-order valence-corrected chi connectivity index (χ2v) is 23.0. The van der Waals surface area contributed by atoms with E-state index in [1.54, 1.807) is 20.8 Å². The number of aliphatic hydroxyl groups is 1. The molecule has 0 saturated carbocycles. The van der Waals surface area contributed by atoms with E-state index in [0.29, 0.717) is 22.1 Å². The zero-order valence-electron chi connectivity index (χ0n) is 41.6. The van der Waals surface area contributed by atoms with E-state index in [9.17, 15) is 63.3 Å². The molecule has 0 radical (unpaired) electrons. The van der Waals surface area contributed by atoms with E-state index in [4.69, 9.17) is 34.1 Å². The van der Waals surface area contributed by atoms with Crippen LogP contribution in [0.4, 0.5) is 11.5 Å². The average Bonchev–Trinajstić information content (AvgIpc) is 4.03. The summed E-state index contributed by atoms with van der Waals surface area (Å²) in [5.41, 5.74) is 6.21. The van der Waals surface area contributed by atoms with Gasteiger partial charge in [0.1, 0.15) is 53.0 Å². The number of aliphatic hydroxyl groups excluding tert-OH is 1. The van der Waals surface area contributed by atoms with E-state index in [0.717, 1.165) is 6.33 Å². The van der Waals surface area contributed by atoms with Crippen molar-refractivity contribution in [2.45, 2.75) is 58.3 Å². The van der Waals surface area contributed by atoms with Crippen LogP contribution in [0.2, 0.25) is 0 Å². The molecule has 0 spiro atoms. The van der Waals surface area contributed by atoms with Crippen LogP contribution in [0.3, 0.4) is 0 Å². The zero-order valence-corrected chi connectivity index (χ0v) is 44.3. The maximum Gasteiger partial charge on any atom is 0.490 e. The number of nitrogens with zero attached hydrogens (tertiary/aromatic N) is 4. The standard InChI is InChI=1S/C48H47N6O22P3/c1-48(2,3)43(71-21-26-20-53(45-41(26)44(49)51-23-52-45)40-19-35(57)39(74-40)22-72-78(66,67)76-79(68,69)75-77(63,64)65)33-18-36(70-4)24(15-34(33)54(61)62)6-5-13-50-46(58)25-7-10-29(32(14-25)47(59)60)42-30-11-8-27(55)16-37(30)73-38-17-28(56)9-12-31(38)42/h7-12,14-18,20,23,35,39-40,43,55,57H,13,19,21-22H2,1-4H3,(H,50,58)(H,59,60)(H,66,67)(H,68,69)(H2,49,51,52)(H2,63,64,65)/t35-,39+,40+,43+/m0/s1. The highest BCUT2D eigenvalue weighted by Crippen LogP contribution is 2.66. The Labute approximate surface area is 445 Å². The molecule has 28 nitrogen and oxygen atoms in total. The number of hydrogen-bond acceptors (Lipinski definition) is 20. The molecule has 8 rings (SSSR count). The van der Waals surface area contributed by atoms with Crippen LogP contribution in [0.5, 0.6) is 11.5 Å². The number of hydrogen-bond donors (Lipinski definition) is 9. The fraction of sp³-hybridized carbons (Fsp3) is 0.271. The number of fused-ring (bicyclic) bond motifs is 3. The number of carboxylic acid groups (broad SMARTS) is 1. The van der Waals surface area contributed by atoms with Crippen LogP contribution in [-0.2, 0) is 42.9 Å². The Bertz CT molecular complexity index is 3820. The fourth-order valence-electron chi connectivity index (χ4n) is 8.82. The second kappa shape index (κ2) is 22.4. The Balaban J connectivity index is 0.997. The van der Waals surface area contributed by atoms with Gasteiger partial charge in [0.05, 0.1) is 66.1 Å². The number of aromatic hydroxyl groups is 1. The van der Waals surface area contributed by atoms with Gasteiger partial charge in [0.25, 0.3) is 11.6 Å². The van der Waals surface area contributed by atoms with Crippen LogP contribution in [0.15, 0.2) is 88.5 Å². The van der Waals surface area contributed by atoms with Gasteiger partial charge in [0.15, 0.2) is 5.43 Å². The van der Waals surface area contributed by atoms with Gasteiger partial charge < -0.3 is 69.1 Å². The van der Waals surface area contributed by atoms with Gasteiger partial charge in [-0.2, -0.15) is 8.62 Å². The molecule has 2 unspecified atom stereocenters. The third kappa shape index (κ3) is 13.0. The maximum atomic E-state index is 13.5. The average molecular weight is 1150 g/mol. The van der Waals surface area contributed by atoms with Crippen molar-refractivity contribution >= 4 is 68.9 Å². The fourth-order valence-corrected chi connectivity index (χ4v) is 11.8. The molecule has 4 heterocycles. The number of nitro benzene ring substituents is 1. The number of nitrogen functional groups attached to an aromatic ring is 1. The number of aromatic nitrogens is 3. The Kier molecular flexibility index (Phi) is 16.3. The van der Waals surface area contributed by atoms with E-state index in [1.165, 1.54) is 84.6 Å². The van der Waals surface area contributed by atoms with Crippen molar-refractivity contribution in [2.75, 3.05) is 26.0 Å². The summed E-state index contributed by atoms with van der Waals surface area (Å²) in [4.78, 5) is 96.0. The van der Waals surface area contributed by atoms with Crippen LogP contribution in [0.1, 0.15) is 76.9 Å². The third-order valence-electron chi connectivity index (χ3n) is 12.1. The first kappa shape index (κ1) is 57.7. The van der Waals surface area contributed by atoms with E-state index < -0.39 is 82.5 Å². The van der Waals surface area contributed by atoms with Crippen molar-refractivity contribution in [3.05, 3.63) is 127 Å². The van der Waals surface area contributed by atoms with Crippen molar-refractivity contribution in [1.29, 1.82) is 0 Å². The van der Waals surface area contributed by atoms with E-state index in [1.807, 2.05) is 0 Å². The summed E-state index contributed by atoms with van der Waals surface area (Å²) < 4.78 is 72.6. The van der Waals surface area contributed by atoms with E-state index >= 15 is 0 Å². The van der Waals surface area contributed by atoms with Crippen LogP contribution in [-0.4, -0.2) is 98.7 Å². The molecule has 0 bridgehead atoms. The summed E-state index contributed by atoms with van der Waals surface area (Å²) in [7, 11) is -15.7. The highest BCUT2D eigenvalue weighted by molar-refractivity contribution is 7.66. The summed E-state index contributed by atoms with van der Waals surface area (Å²) >= 11 is 0. The number of nitro groups is 1. The molecular weight excluding hydrogens is 1110 g/mol. The number of rotatable bonds is 18. The summed E-state index contributed by atoms with van der Waals surface area (Å²) in [6.45, 7) is 3.78. The normalized spacial score (nSPS) is 17.7. The Morgan fingerprint density at radius 1 is 1.00 bits per heavy atom. The molecule has 3 aliphatic rings. The van der Waals surface area contributed by atoms with Crippen LogP contribution in [0, 0.1) is 27.4 Å². The number of phosphoric ester groups is 1. The van der Waals surface area contributed by atoms with Gasteiger partial charge in [-0.25, -0.2) is 28.5 Å². The van der Waals surface area contributed by atoms with E-state index in [2.05, 4.69) is 40.3 Å². The first-order valence-electron chi connectivity index (χ1n) is 23.1. The number of aromatic carboxylic acids is 1. The summed E-state index contributed by atoms with van der Waals surface area (Å²) in [5.74, 6) is 3.56. The van der Waals surface area contributed by atoms with Crippen molar-refractivity contribution in [1.82, 2.24) is 19.9 Å². The minimum atomic E-state index is -5.82. The van der Waals surface area contributed by atoms with Gasteiger partial charge in [-0.1, -0.05) is 38.7 Å². The van der Waals surface area contributed by atoms with Gasteiger partial charge in [-0.05, 0) is 53.4 Å². The van der Waals surface area contributed by atoms with Gasteiger partial charge >= 0.3 is 29.4 Å². The topological polar surface area (TPSA) is 424 Å². The molecule has 5 aromatic rings. The third-order valence-corrected chi connectivity index (χ3v) is 15.9. The lowest BCUT2D eigenvalue weighted by atomic mass is 9.83. The first-order valence-corrected chi connectivity index (χ1v) is 27.6. The number of phosphoric acid groups is 3. The molecule has 10 N–H and O–H groups in total. The minimum Gasteiger partial charge on any atom is -0.508 e. The van der Waals surface area contributed by atoms with Crippen molar-refractivity contribution in [2.24, 2.45) is 5.41 Å². The van der Waals surface area contributed by atoms with Crippen molar-refractivity contribution < 1.29 is 94.9 Å². The van der Waals surface area contributed by atoms with Crippen LogP contribution in [0.25, 0.3) is 44.5 Å². The number of carbonyl (C=O) groups excluding carboxylic acids is 1. The number of nitrogens with one attached hydrogen (secondary N) is 1. The molecule has 2 aliphatic heterocycles. The van der Waals surface area contributed by atoms with Crippen LogP contribution < -0.4 is 21.2 Å². The Hall–Kier alpha value is -7.44. The number of carbonyl (C=O) groups is 2. The molecule has 416 valence electrons. The highest BCUT2D eigenvalue weighted by atomic mass is 31.3. The maximum absolute atomic E-state index is 13.5. The molecule has 1 aliphatic carbocycles. The lowest BCUT2D eigenvalue weighted by Crippen LogP contribution is -2.26. The summed E-state index contributed by atoms with van der Waals surface area (Å²) in [6.07, 6.45) is -2.47. The smallest absolute Gasteiger partial charge is 0.490 e. The number of benzene rings is 4. The molecule has 1 amide bonds. The lowest BCUT2D eigenvalue weighted by Gasteiger charge is -2.31. The lowest BCUT2D eigenvalue weighted by molar-refractivity contribution is -0.386. The predicted octanol–water partition coefficient (Wildman–Crippen LogP) is 6.29. The predicted molar refractivity (Wildman–Crippen MR) is 275 cm³/mol. The molecule has 1 saturated heterocycles. The molecule has 2 aromatic heterocycles. The number of anilines is 1. The number of nitrogens with two attached hydrogens (primary N) is 1. The summed E-state index contributed by atoms with van der Waals surface area (Å²) in [5, 5.41) is 47.4. The van der Waals surface area contributed by atoms with Gasteiger partial charge in [-0.3, -0.25) is 24.2 Å². The Morgan fingerprint density at radius 3 is 2.42 bits per heavy atom. The SMILES string of the molecule is COc1cc([C@@H](OCc2cn([C@H]3C[C@H](O)[C@@H](COP(=O)(O)OP(=O)(O)OP(=O)(O)O)O3)c3ncnc(N)c23)C(C)(C)C)c([N+](=O)[O-])cc1C#CCNC(=O)c1ccc(-c2c3ccc(=O)cc-3oc3cc(O)ccc23)c(C(=O)O)c1. The Morgan fingerprint density at radius 2 is 1.73 bits per heavy atom. The van der Waals surface area contributed by atoms with Gasteiger partial charge in [0, 0.05) is 58.5 Å². The second-order valence-electron chi connectivity index (χ2n) is 18.6. The van der Waals surface area contributed by atoms with Crippen molar-refractivity contribution in [3.8, 4) is 45.8 Å². The van der Waals surface area contributed by atoms with Crippen molar-refractivity contribution in [3.63, 3.8) is 0 Å². The molecule has 31 heteroatoms. The first-order chi connectivity index (χ1) is 37.0. The number of phenolic OH excluding ortho intramolecular Hbond substituents is 1. The number of carboxylic acids is 1. The van der Waals surface area contributed by atoms with Gasteiger partial charge in [-0.15, -0.1) is 0 Å². The number of phenols is 1. The number of ether oxygens (including phenoxy) is 3. The monoisotopic (exact) mass is 1150 g/mol. The molecule has 1 fully saturated rings. The largest absolute Gasteiger partial charge is 0.508 e. The quantitative estimate of drug-likeness (QED) is 0.0150.